The summed E-state index contributed by atoms with van der Waals surface area (Å²) in [6.45, 7) is 6.33. The lowest BCUT2D eigenvalue weighted by atomic mass is 9.96. The second kappa shape index (κ2) is 4.80. The Hall–Kier alpha value is -1.84. The predicted molar refractivity (Wildman–Crippen MR) is 72.3 cm³/mol. The molecule has 1 aromatic heterocycles. The van der Waals surface area contributed by atoms with Gasteiger partial charge in [-0.2, -0.15) is 0 Å². The molecule has 0 aliphatic carbocycles. The number of amides is 1. The molecule has 1 amide bonds. The third-order valence-electron chi connectivity index (χ3n) is 2.77. The molecule has 0 aliphatic rings. The average molecular weight is 245 g/mol. The van der Waals surface area contributed by atoms with E-state index in [4.69, 9.17) is 0 Å². The second-order valence-corrected chi connectivity index (χ2v) is 5.46. The fraction of sp³-hybridized carbons (Fsp3) is 0.429. The van der Waals surface area contributed by atoms with Crippen LogP contribution in [0.3, 0.4) is 0 Å². The number of imidazole rings is 1. The Morgan fingerprint density at radius 3 is 2.72 bits per heavy atom. The van der Waals surface area contributed by atoms with E-state index in [1.165, 1.54) is 0 Å². The topological polar surface area (TPSA) is 57.8 Å². The molecule has 18 heavy (non-hydrogen) atoms. The molecule has 1 aromatic carbocycles. The first-order valence-electron chi connectivity index (χ1n) is 6.19. The SMILES string of the molecule is CC(C)(C)C(=O)NCCc1nc2ccccc2[nH]1. The highest BCUT2D eigenvalue weighted by molar-refractivity contribution is 5.81. The van der Waals surface area contributed by atoms with E-state index in [9.17, 15) is 4.79 Å². The molecule has 0 bridgehead atoms. The maximum absolute atomic E-state index is 11.7. The minimum absolute atomic E-state index is 0.0682. The maximum Gasteiger partial charge on any atom is 0.225 e. The molecule has 2 N–H and O–H groups in total. The van der Waals surface area contributed by atoms with Gasteiger partial charge < -0.3 is 10.3 Å². The summed E-state index contributed by atoms with van der Waals surface area (Å²) in [6, 6.07) is 7.92. The van der Waals surface area contributed by atoms with Gasteiger partial charge in [0, 0.05) is 18.4 Å². The number of aromatic amines is 1. The molecule has 4 heteroatoms. The first-order chi connectivity index (χ1) is 8.47. The number of hydrogen-bond acceptors (Lipinski definition) is 2. The lowest BCUT2D eigenvalue weighted by molar-refractivity contribution is -0.128. The fourth-order valence-corrected chi connectivity index (χ4v) is 1.68. The number of para-hydroxylation sites is 2. The van der Waals surface area contributed by atoms with Crippen LogP contribution in [-0.4, -0.2) is 22.4 Å². The number of carbonyl (C=O) groups is 1. The molecule has 2 aromatic rings. The van der Waals surface area contributed by atoms with Crippen LogP contribution in [0, 0.1) is 5.41 Å². The highest BCUT2D eigenvalue weighted by atomic mass is 16.2. The monoisotopic (exact) mass is 245 g/mol. The summed E-state index contributed by atoms with van der Waals surface area (Å²) in [5, 5.41) is 2.92. The van der Waals surface area contributed by atoms with Crippen molar-refractivity contribution in [1.82, 2.24) is 15.3 Å². The van der Waals surface area contributed by atoms with Crippen LogP contribution < -0.4 is 5.32 Å². The van der Waals surface area contributed by atoms with Crippen LogP contribution in [0.25, 0.3) is 11.0 Å². The molecule has 4 nitrogen and oxygen atoms in total. The Bertz CT molecular complexity index is 518. The largest absolute Gasteiger partial charge is 0.355 e. The van der Waals surface area contributed by atoms with Gasteiger partial charge in [0.25, 0.3) is 0 Å². The minimum atomic E-state index is -0.339. The fourth-order valence-electron chi connectivity index (χ4n) is 1.68. The molecule has 0 fully saturated rings. The van der Waals surface area contributed by atoms with Gasteiger partial charge in [-0.3, -0.25) is 4.79 Å². The number of fused-ring (bicyclic) bond motifs is 1. The average Bonchev–Trinajstić information content (AvgIpc) is 2.70. The minimum Gasteiger partial charge on any atom is -0.355 e. The maximum atomic E-state index is 11.7. The van der Waals surface area contributed by atoms with E-state index in [2.05, 4.69) is 15.3 Å². The Morgan fingerprint density at radius 1 is 1.33 bits per heavy atom. The number of benzene rings is 1. The number of nitrogens with one attached hydrogen (secondary N) is 2. The van der Waals surface area contributed by atoms with Crippen LogP contribution in [0.4, 0.5) is 0 Å². The van der Waals surface area contributed by atoms with Gasteiger partial charge in [0.1, 0.15) is 5.82 Å². The van der Waals surface area contributed by atoms with Crippen LogP contribution >= 0.6 is 0 Å². The van der Waals surface area contributed by atoms with Gasteiger partial charge in [-0.1, -0.05) is 32.9 Å². The van der Waals surface area contributed by atoms with Gasteiger partial charge >= 0.3 is 0 Å². The quantitative estimate of drug-likeness (QED) is 0.871. The van der Waals surface area contributed by atoms with Crippen molar-refractivity contribution in [3.05, 3.63) is 30.1 Å². The number of nitrogens with zero attached hydrogens (tertiary/aromatic N) is 1. The van der Waals surface area contributed by atoms with Crippen molar-refractivity contribution in [3.8, 4) is 0 Å². The Morgan fingerprint density at radius 2 is 2.06 bits per heavy atom. The zero-order valence-corrected chi connectivity index (χ0v) is 11.1. The smallest absolute Gasteiger partial charge is 0.225 e. The normalized spacial score (nSPS) is 11.7. The molecular weight excluding hydrogens is 226 g/mol. The molecule has 0 unspecified atom stereocenters. The predicted octanol–water partition coefficient (Wildman–Crippen LogP) is 2.27. The van der Waals surface area contributed by atoms with E-state index in [1.807, 2.05) is 45.0 Å². The summed E-state index contributed by atoms with van der Waals surface area (Å²) in [4.78, 5) is 19.4. The van der Waals surface area contributed by atoms with Crippen molar-refractivity contribution >= 4 is 16.9 Å². The van der Waals surface area contributed by atoms with Crippen LogP contribution in [0.1, 0.15) is 26.6 Å². The second-order valence-electron chi connectivity index (χ2n) is 5.46. The van der Waals surface area contributed by atoms with Gasteiger partial charge in [-0.25, -0.2) is 4.98 Å². The number of aromatic nitrogens is 2. The van der Waals surface area contributed by atoms with Gasteiger partial charge in [-0.15, -0.1) is 0 Å². The van der Waals surface area contributed by atoms with E-state index < -0.39 is 0 Å². The molecule has 0 saturated heterocycles. The highest BCUT2D eigenvalue weighted by Crippen LogP contribution is 2.13. The summed E-state index contributed by atoms with van der Waals surface area (Å²) in [7, 11) is 0. The highest BCUT2D eigenvalue weighted by Gasteiger charge is 2.20. The first kappa shape index (κ1) is 12.6. The van der Waals surface area contributed by atoms with E-state index in [0.29, 0.717) is 6.54 Å². The number of hydrogen-bond donors (Lipinski definition) is 2. The number of H-pyrrole nitrogens is 1. The lowest BCUT2D eigenvalue weighted by Crippen LogP contribution is -2.36. The van der Waals surface area contributed by atoms with Crippen molar-refractivity contribution in [2.75, 3.05) is 6.54 Å². The molecule has 96 valence electrons. The van der Waals surface area contributed by atoms with Crippen LogP contribution in [-0.2, 0) is 11.2 Å². The molecule has 0 spiro atoms. The van der Waals surface area contributed by atoms with Crippen molar-refractivity contribution in [3.63, 3.8) is 0 Å². The molecule has 0 atom stereocenters. The molecule has 0 radical (unpaired) electrons. The molecular formula is C14H19N3O. The van der Waals surface area contributed by atoms with Gasteiger partial charge in [0.05, 0.1) is 11.0 Å². The Labute approximate surface area is 107 Å². The standard InChI is InChI=1S/C14H19N3O/c1-14(2,3)13(18)15-9-8-12-16-10-6-4-5-7-11(10)17-12/h4-7H,8-9H2,1-3H3,(H,15,18)(H,16,17). The van der Waals surface area contributed by atoms with Crippen molar-refractivity contribution in [2.45, 2.75) is 27.2 Å². The van der Waals surface area contributed by atoms with Crippen LogP contribution in [0.5, 0.6) is 0 Å². The third kappa shape index (κ3) is 2.88. The van der Waals surface area contributed by atoms with Crippen molar-refractivity contribution in [1.29, 1.82) is 0 Å². The molecule has 1 heterocycles. The number of rotatable bonds is 3. The van der Waals surface area contributed by atoms with E-state index in [-0.39, 0.29) is 11.3 Å². The van der Waals surface area contributed by atoms with Crippen molar-refractivity contribution < 1.29 is 4.79 Å². The summed E-state index contributed by atoms with van der Waals surface area (Å²) in [5.74, 6) is 0.976. The van der Waals surface area contributed by atoms with Gasteiger partial charge in [0.2, 0.25) is 5.91 Å². The van der Waals surface area contributed by atoms with Gasteiger partial charge in [-0.05, 0) is 12.1 Å². The summed E-state index contributed by atoms with van der Waals surface area (Å²) in [6.07, 6.45) is 0.719. The molecule has 0 saturated carbocycles. The Kier molecular flexibility index (Phi) is 3.36. The summed E-state index contributed by atoms with van der Waals surface area (Å²) >= 11 is 0. The molecule has 2 rings (SSSR count). The van der Waals surface area contributed by atoms with E-state index in [0.717, 1.165) is 23.3 Å². The summed E-state index contributed by atoms with van der Waals surface area (Å²) < 4.78 is 0. The summed E-state index contributed by atoms with van der Waals surface area (Å²) in [5.41, 5.74) is 1.66. The molecule has 0 aliphatic heterocycles. The lowest BCUT2D eigenvalue weighted by Gasteiger charge is -2.17. The zero-order valence-electron chi connectivity index (χ0n) is 11.1. The first-order valence-corrected chi connectivity index (χ1v) is 6.19. The van der Waals surface area contributed by atoms with E-state index in [1.54, 1.807) is 0 Å². The van der Waals surface area contributed by atoms with Gasteiger partial charge in [0.15, 0.2) is 0 Å². The van der Waals surface area contributed by atoms with Crippen LogP contribution in [0.2, 0.25) is 0 Å². The van der Waals surface area contributed by atoms with E-state index >= 15 is 0 Å². The third-order valence-corrected chi connectivity index (χ3v) is 2.77. The van der Waals surface area contributed by atoms with Crippen LogP contribution in [0.15, 0.2) is 24.3 Å². The zero-order chi connectivity index (χ0) is 13.2. The number of carbonyl (C=O) groups excluding carboxylic acids is 1. The Balaban J connectivity index is 1.93. The van der Waals surface area contributed by atoms with Crippen molar-refractivity contribution in [2.24, 2.45) is 5.41 Å².